The van der Waals surface area contributed by atoms with Gasteiger partial charge < -0.3 is 4.57 Å². The van der Waals surface area contributed by atoms with Crippen molar-refractivity contribution in [3.8, 4) is 39.2 Å². The van der Waals surface area contributed by atoms with E-state index < -0.39 is 0 Å². The average Bonchev–Trinajstić information content (AvgIpc) is 3.51. The van der Waals surface area contributed by atoms with Crippen molar-refractivity contribution in [2.45, 2.75) is 0 Å². The van der Waals surface area contributed by atoms with Crippen molar-refractivity contribution in [2.24, 2.45) is 0 Å². The van der Waals surface area contributed by atoms with Crippen LogP contribution in [-0.4, -0.2) is 14.5 Å². The highest BCUT2D eigenvalue weighted by molar-refractivity contribution is 6.20. The Labute approximate surface area is 283 Å². The third-order valence-corrected chi connectivity index (χ3v) is 9.94. The summed E-state index contributed by atoms with van der Waals surface area (Å²) in [7, 11) is 0. The molecule has 0 saturated carbocycles. The van der Waals surface area contributed by atoms with Gasteiger partial charge in [0.05, 0.1) is 22.4 Å². The number of benzene rings is 7. The second kappa shape index (κ2) is 11.0. The van der Waals surface area contributed by atoms with E-state index >= 15 is 0 Å². The zero-order chi connectivity index (χ0) is 32.3. The first-order chi connectivity index (χ1) is 24.3. The highest BCUT2D eigenvalue weighted by Crippen LogP contribution is 2.42. The first kappa shape index (κ1) is 27.5. The van der Waals surface area contributed by atoms with Crippen LogP contribution >= 0.6 is 0 Å². The summed E-state index contributed by atoms with van der Waals surface area (Å²) >= 11 is 0. The zero-order valence-electron chi connectivity index (χ0n) is 26.6. The Kier molecular flexibility index (Phi) is 6.18. The first-order valence-corrected chi connectivity index (χ1v) is 16.6. The summed E-state index contributed by atoms with van der Waals surface area (Å²) in [5.41, 5.74) is 10.5. The van der Waals surface area contributed by atoms with Crippen molar-refractivity contribution < 1.29 is 0 Å². The molecule has 49 heavy (non-hydrogen) atoms. The van der Waals surface area contributed by atoms with Crippen molar-refractivity contribution in [2.75, 3.05) is 0 Å². The maximum absolute atomic E-state index is 4.68. The van der Waals surface area contributed by atoms with Gasteiger partial charge in [0.1, 0.15) is 0 Å². The molecule has 0 aliphatic carbocycles. The maximum atomic E-state index is 4.68. The van der Waals surface area contributed by atoms with Gasteiger partial charge in [-0.05, 0) is 86.3 Å². The van der Waals surface area contributed by atoms with Crippen molar-refractivity contribution >= 4 is 54.1 Å². The molecule has 0 spiro atoms. The number of nitrogens with zero attached hydrogens (tertiary/aromatic N) is 3. The van der Waals surface area contributed by atoms with Gasteiger partial charge in [-0.1, -0.05) is 115 Å². The summed E-state index contributed by atoms with van der Waals surface area (Å²) in [6, 6.07) is 57.1. The Hall–Kier alpha value is -6.58. The van der Waals surface area contributed by atoms with E-state index in [4.69, 9.17) is 0 Å². The molecular formula is C46H29N3. The quantitative estimate of drug-likeness (QED) is 0.195. The van der Waals surface area contributed by atoms with E-state index in [1.54, 1.807) is 0 Å². The molecule has 10 rings (SSSR count). The number of fused-ring (bicyclic) bond motifs is 7. The lowest BCUT2D eigenvalue weighted by Gasteiger charge is -2.15. The third-order valence-electron chi connectivity index (χ3n) is 9.94. The molecule has 228 valence electrons. The Morgan fingerprint density at radius 3 is 1.96 bits per heavy atom. The summed E-state index contributed by atoms with van der Waals surface area (Å²) in [6.45, 7) is 0. The lowest BCUT2D eigenvalue weighted by Crippen LogP contribution is -1.96. The molecule has 7 aromatic carbocycles. The van der Waals surface area contributed by atoms with Crippen molar-refractivity contribution in [1.82, 2.24) is 14.5 Å². The van der Waals surface area contributed by atoms with Gasteiger partial charge in [0.2, 0.25) is 0 Å². The molecule has 3 nitrogen and oxygen atoms in total. The van der Waals surface area contributed by atoms with Crippen molar-refractivity contribution in [3.05, 3.63) is 176 Å². The van der Waals surface area contributed by atoms with E-state index in [-0.39, 0.29) is 0 Å². The smallest absolute Gasteiger partial charge is 0.0708 e. The van der Waals surface area contributed by atoms with E-state index in [0.29, 0.717) is 0 Å². The van der Waals surface area contributed by atoms with Gasteiger partial charge in [-0.15, -0.1) is 0 Å². The Bertz CT molecular complexity index is 2860. The van der Waals surface area contributed by atoms with E-state index in [0.717, 1.165) is 16.8 Å². The summed E-state index contributed by atoms with van der Waals surface area (Å²) in [5.74, 6) is 0. The minimum atomic E-state index is 0.982. The molecule has 3 heterocycles. The van der Waals surface area contributed by atoms with Gasteiger partial charge in [0, 0.05) is 45.7 Å². The molecule has 0 atom stereocenters. The molecular weight excluding hydrogens is 595 g/mol. The molecule has 0 N–H and O–H groups in total. The largest absolute Gasteiger partial charge is 0.308 e. The molecule has 0 aliphatic heterocycles. The fourth-order valence-corrected chi connectivity index (χ4v) is 7.68. The Balaban J connectivity index is 1.27. The van der Waals surface area contributed by atoms with Gasteiger partial charge in [0.15, 0.2) is 0 Å². The van der Waals surface area contributed by atoms with Gasteiger partial charge in [-0.3, -0.25) is 9.97 Å². The SMILES string of the molecule is c1ccc(-c2ccc(-c3ccc4c5ccc6cc(-c7ccncc7)ccc6c5n(-c5cccc6ccccc56)c4c3)c3ccccc23)nc1. The minimum absolute atomic E-state index is 0.982. The molecule has 3 heteroatoms. The summed E-state index contributed by atoms with van der Waals surface area (Å²) in [6.07, 6.45) is 5.57. The van der Waals surface area contributed by atoms with Crippen LogP contribution in [0, 0.1) is 0 Å². The van der Waals surface area contributed by atoms with Crippen LogP contribution in [0.15, 0.2) is 176 Å². The van der Waals surface area contributed by atoms with E-state index in [1.807, 2.05) is 24.7 Å². The van der Waals surface area contributed by atoms with Crippen LogP contribution in [-0.2, 0) is 0 Å². The van der Waals surface area contributed by atoms with E-state index in [1.165, 1.54) is 76.5 Å². The second-order valence-electron chi connectivity index (χ2n) is 12.6. The summed E-state index contributed by atoms with van der Waals surface area (Å²) < 4.78 is 2.50. The number of hydrogen-bond donors (Lipinski definition) is 0. The molecule has 0 bridgehead atoms. The minimum Gasteiger partial charge on any atom is -0.308 e. The molecule has 3 aromatic heterocycles. The van der Waals surface area contributed by atoms with Crippen LogP contribution in [0.25, 0.3) is 93.3 Å². The standard InChI is InChI=1S/C46H29N3/c1-2-10-36-31(8-1)9-7-14-44(36)49-45-29-34(35-21-22-40(43-13-5-6-25-48-43)39-12-4-3-11-38(35)39)16-19-41(45)42-20-17-33-28-32(15-18-37(33)46(42)49)30-23-26-47-27-24-30/h1-29H. The topological polar surface area (TPSA) is 30.7 Å². The predicted molar refractivity (Wildman–Crippen MR) is 205 cm³/mol. The third kappa shape index (κ3) is 4.37. The van der Waals surface area contributed by atoms with Crippen molar-refractivity contribution in [3.63, 3.8) is 0 Å². The molecule has 0 aliphatic rings. The molecule has 0 fully saturated rings. The van der Waals surface area contributed by atoms with Gasteiger partial charge in [-0.25, -0.2) is 0 Å². The van der Waals surface area contributed by atoms with E-state index in [9.17, 15) is 0 Å². The lowest BCUT2D eigenvalue weighted by atomic mass is 9.93. The number of hydrogen-bond acceptors (Lipinski definition) is 2. The van der Waals surface area contributed by atoms with Gasteiger partial charge in [0.25, 0.3) is 0 Å². The number of aromatic nitrogens is 3. The number of rotatable bonds is 4. The predicted octanol–water partition coefficient (Wildman–Crippen LogP) is 12.0. The molecule has 10 aromatic rings. The van der Waals surface area contributed by atoms with Crippen LogP contribution in [0.2, 0.25) is 0 Å². The van der Waals surface area contributed by atoms with Crippen LogP contribution in [0.1, 0.15) is 0 Å². The monoisotopic (exact) mass is 623 g/mol. The Morgan fingerprint density at radius 1 is 0.388 bits per heavy atom. The highest BCUT2D eigenvalue weighted by Gasteiger charge is 2.19. The zero-order valence-corrected chi connectivity index (χ0v) is 26.6. The van der Waals surface area contributed by atoms with Gasteiger partial charge in [-0.2, -0.15) is 0 Å². The first-order valence-electron chi connectivity index (χ1n) is 16.6. The molecule has 0 radical (unpaired) electrons. The van der Waals surface area contributed by atoms with Crippen LogP contribution in [0.3, 0.4) is 0 Å². The fourth-order valence-electron chi connectivity index (χ4n) is 7.68. The normalized spacial score (nSPS) is 11.7. The summed E-state index contributed by atoms with van der Waals surface area (Å²) in [5, 5.41) is 9.78. The lowest BCUT2D eigenvalue weighted by molar-refractivity contribution is 1.20. The average molecular weight is 624 g/mol. The highest BCUT2D eigenvalue weighted by atomic mass is 15.0. The summed E-state index contributed by atoms with van der Waals surface area (Å²) in [4.78, 5) is 8.90. The van der Waals surface area contributed by atoms with Gasteiger partial charge >= 0.3 is 0 Å². The molecule has 0 saturated heterocycles. The molecule has 0 amide bonds. The van der Waals surface area contributed by atoms with Crippen LogP contribution in [0.4, 0.5) is 0 Å². The van der Waals surface area contributed by atoms with Crippen molar-refractivity contribution in [1.29, 1.82) is 0 Å². The molecule has 0 unspecified atom stereocenters. The maximum Gasteiger partial charge on any atom is 0.0708 e. The van der Waals surface area contributed by atoms with E-state index in [2.05, 4.69) is 166 Å². The Morgan fingerprint density at radius 2 is 1.10 bits per heavy atom. The fraction of sp³-hybridized carbons (Fsp3) is 0. The van der Waals surface area contributed by atoms with Crippen LogP contribution < -0.4 is 0 Å². The van der Waals surface area contributed by atoms with Crippen LogP contribution in [0.5, 0.6) is 0 Å². The number of pyridine rings is 2. The second-order valence-corrected chi connectivity index (χ2v) is 12.6.